The summed E-state index contributed by atoms with van der Waals surface area (Å²) in [6.07, 6.45) is 0.250. The van der Waals surface area contributed by atoms with E-state index in [0.29, 0.717) is 5.88 Å². The molecule has 1 rings (SSSR count). The molecule has 4 N–H and O–H groups in total. The minimum Gasteiger partial charge on any atom is -0.445 e. The maximum absolute atomic E-state index is 8.58. The number of primary amides is 1. The van der Waals surface area contributed by atoms with Crippen molar-refractivity contribution in [3.05, 3.63) is 17.9 Å². The van der Waals surface area contributed by atoms with E-state index < -0.39 is 0 Å². The molecule has 0 aromatic carbocycles. The number of nitrogens with zero attached hydrogens (tertiary/aromatic N) is 1. The molecule has 1 aromatic heterocycles. The smallest absolute Gasteiger partial charge is 0.204 e. The van der Waals surface area contributed by atoms with Crippen molar-refractivity contribution in [2.75, 3.05) is 19.8 Å². The average Bonchev–Trinajstić information content (AvgIpc) is 2.35. The first-order chi connectivity index (χ1) is 6.10. The third-order valence-electron chi connectivity index (χ3n) is 1.15. The van der Waals surface area contributed by atoms with Gasteiger partial charge in [-0.2, -0.15) is 0 Å². The highest BCUT2D eigenvalue weighted by atomic mass is 16.4. The number of carbonyl (C=O) groups is 1. The van der Waals surface area contributed by atoms with Gasteiger partial charge in [0.15, 0.2) is 5.88 Å². The van der Waals surface area contributed by atoms with Gasteiger partial charge in [-0.25, -0.2) is 0 Å². The molecule has 0 atom stereocenters. The van der Waals surface area contributed by atoms with E-state index in [4.69, 9.17) is 14.9 Å². The summed E-state index contributed by atoms with van der Waals surface area (Å²) >= 11 is 0. The van der Waals surface area contributed by atoms with Crippen molar-refractivity contribution >= 4 is 12.3 Å². The van der Waals surface area contributed by atoms with Crippen molar-refractivity contribution < 1.29 is 9.21 Å². The number of anilines is 1. The fourth-order valence-corrected chi connectivity index (χ4v) is 0.791. The molecule has 1 heterocycles. The predicted molar refractivity (Wildman–Crippen MR) is 50.8 cm³/mol. The molecular weight excluding hydrogens is 170 g/mol. The zero-order chi connectivity index (χ0) is 10.3. The molecule has 1 amide bonds. The lowest BCUT2D eigenvalue weighted by molar-refractivity contribution is -0.106. The molecular formula is C8H15N3O2. The minimum atomic E-state index is 0.250. The molecule has 0 radical (unpaired) electrons. The first-order valence-electron chi connectivity index (χ1n) is 3.74. The van der Waals surface area contributed by atoms with Crippen molar-refractivity contribution in [2.24, 2.45) is 5.73 Å². The zero-order valence-electron chi connectivity index (χ0n) is 7.86. The summed E-state index contributed by atoms with van der Waals surface area (Å²) in [7, 11) is 3.97. The molecule has 0 spiro atoms. The van der Waals surface area contributed by atoms with Crippen LogP contribution in [0, 0.1) is 0 Å². The Morgan fingerprint density at radius 1 is 1.54 bits per heavy atom. The molecule has 0 saturated carbocycles. The largest absolute Gasteiger partial charge is 0.445 e. The van der Waals surface area contributed by atoms with Crippen molar-refractivity contribution in [1.82, 2.24) is 4.90 Å². The Hall–Kier alpha value is -1.49. The topological polar surface area (TPSA) is 85.5 Å². The van der Waals surface area contributed by atoms with Gasteiger partial charge in [-0.1, -0.05) is 0 Å². The fraction of sp³-hybridized carbons (Fsp3) is 0.375. The summed E-state index contributed by atoms with van der Waals surface area (Å²) in [6, 6.07) is 3.65. The standard InChI is InChI=1S/C7H12N2O.CH3NO/c1-9(2)5-6-3-4-7(8)10-6;2-1-3/h3-4H,5,8H2,1-2H3;1H,(H2,2,3). The lowest BCUT2D eigenvalue weighted by atomic mass is 10.4. The van der Waals surface area contributed by atoms with Gasteiger partial charge in [0.05, 0.1) is 6.54 Å². The van der Waals surface area contributed by atoms with E-state index in [-0.39, 0.29) is 6.41 Å². The van der Waals surface area contributed by atoms with Crippen LogP contribution in [-0.2, 0) is 11.3 Å². The second-order valence-corrected chi connectivity index (χ2v) is 2.68. The van der Waals surface area contributed by atoms with Crippen LogP contribution in [0.2, 0.25) is 0 Å². The zero-order valence-corrected chi connectivity index (χ0v) is 7.86. The number of nitrogens with two attached hydrogens (primary N) is 2. The molecule has 13 heavy (non-hydrogen) atoms. The molecule has 0 bridgehead atoms. The molecule has 0 fully saturated rings. The highest BCUT2D eigenvalue weighted by molar-refractivity contribution is 5.42. The minimum absolute atomic E-state index is 0.250. The quantitative estimate of drug-likeness (QED) is 0.636. The van der Waals surface area contributed by atoms with Crippen molar-refractivity contribution in [1.29, 1.82) is 0 Å². The van der Waals surface area contributed by atoms with Gasteiger partial charge >= 0.3 is 0 Å². The number of hydrogen-bond donors (Lipinski definition) is 2. The molecule has 0 saturated heterocycles. The third kappa shape index (κ3) is 5.75. The van der Waals surface area contributed by atoms with E-state index in [1.165, 1.54) is 0 Å². The van der Waals surface area contributed by atoms with Crippen LogP contribution in [0.4, 0.5) is 5.88 Å². The fourth-order valence-electron chi connectivity index (χ4n) is 0.791. The second kappa shape index (κ2) is 6.07. The van der Waals surface area contributed by atoms with Crippen molar-refractivity contribution in [3.8, 4) is 0 Å². The summed E-state index contributed by atoms with van der Waals surface area (Å²) in [5, 5.41) is 0. The van der Waals surface area contributed by atoms with Crippen LogP contribution >= 0.6 is 0 Å². The molecule has 5 heteroatoms. The van der Waals surface area contributed by atoms with Gasteiger partial charge in [0.25, 0.3) is 0 Å². The highest BCUT2D eigenvalue weighted by Crippen LogP contribution is 2.09. The molecule has 0 aliphatic rings. The number of nitrogen functional groups attached to an aromatic ring is 1. The number of rotatable bonds is 2. The van der Waals surface area contributed by atoms with E-state index in [1.807, 2.05) is 25.1 Å². The monoisotopic (exact) mass is 185 g/mol. The van der Waals surface area contributed by atoms with Crippen LogP contribution in [-0.4, -0.2) is 25.4 Å². The van der Waals surface area contributed by atoms with E-state index in [1.54, 1.807) is 6.07 Å². The maximum atomic E-state index is 8.58. The molecule has 0 aliphatic carbocycles. The van der Waals surface area contributed by atoms with E-state index in [2.05, 4.69) is 5.73 Å². The van der Waals surface area contributed by atoms with Crippen LogP contribution in [0.15, 0.2) is 16.5 Å². The molecule has 74 valence electrons. The molecule has 0 aliphatic heterocycles. The van der Waals surface area contributed by atoms with Crippen LogP contribution in [0.25, 0.3) is 0 Å². The average molecular weight is 185 g/mol. The summed E-state index contributed by atoms with van der Waals surface area (Å²) in [5.74, 6) is 1.39. The van der Waals surface area contributed by atoms with E-state index in [9.17, 15) is 0 Å². The van der Waals surface area contributed by atoms with E-state index >= 15 is 0 Å². The van der Waals surface area contributed by atoms with Gasteiger partial charge in [-0.15, -0.1) is 0 Å². The second-order valence-electron chi connectivity index (χ2n) is 2.68. The van der Waals surface area contributed by atoms with Gasteiger partial charge < -0.3 is 20.8 Å². The van der Waals surface area contributed by atoms with Gasteiger partial charge in [0.2, 0.25) is 6.41 Å². The SMILES string of the molecule is CN(C)Cc1ccc(N)o1.NC=O. The first kappa shape index (κ1) is 11.5. The van der Waals surface area contributed by atoms with Crippen LogP contribution in [0.1, 0.15) is 5.76 Å². The molecule has 1 aromatic rings. The summed E-state index contributed by atoms with van der Waals surface area (Å²) in [4.78, 5) is 10.6. The number of carbonyl (C=O) groups excluding carboxylic acids is 1. The Morgan fingerprint density at radius 3 is 2.38 bits per heavy atom. The number of furan rings is 1. The van der Waals surface area contributed by atoms with Crippen LogP contribution in [0.5, 0.6) is 0 Å². The summed E-state index contributed by atoms with van der Waals surface area (Å²) < 4.78 is 5.13. The lowest BCUT2D eigenvalue weighted by Gasteiger charge is -2.04. The van der Waals surface area contributed by atoms with Crippen molar-refractivity contribution in [2.45, 2.75) is 6.54 Å². The predicted octanol–water partition coefficient (Wildman–Crippen LogP) is 0.0249. The Morgan fingerprint density at radius 2 is 2.08 bits per heavy atom. The molecule has 0 unspecified atom stereocenters. The summed E-state index contributed by atoms with van der Waals surface area (Å²) in [6.45, 7) is 0.803. The molecule has 5 nitrogen and oxygen atoms in total. The first-order valence-corrected chi connectivity index (χ1v) is 3.74. The van der Waals surface area contributed by atoms with E-state index in [0.717, 1.165) is 12.3 Å². The highest BCUT2D eigenvalue weighted by Gasteiger charge is 1.98. The van der Waals surface area contributed by atoms with Gasteiger partial charge in [-0.05, 0) is 20.2 Å². The third-order valence-corrected chi connectivity index (χ3v) is 1.15. The van der Waals surface area contributed by atoms with Gasteiger partial charge in [0.1, 0.15) is 5.76 Å². The van der Waals surface area contributed by atoms with Crippen LogP contribution < -0.4 is 11.5 Å². The maximum Gasteiger partial charge on any atom is 0.204 e. The van der Waals surface area contributed by atoms with Gasteiger partial charge in [-0.3, -0.25) is 4.79 Å². The van der Waals surface area contributed by atoms with Crippen molar-refractivity contribution in [3.63, 3.8) is 0 Å². The summed E-state index contributed by atoms with van der Waals surface area (Å²) in [5.41, 5.74) is 9.54. The lowest BCUT2D eigenvalue weighted by Crippen LogP contribution is -2.09. The van der Waals surface area contributed by atoms with Gasteiger partial charge in [0, 0.05) is 6.07 Å². The Balaban J connectivity index is 0.000000424. The van der Waals surface area contributed by atoms with Crippen LogP contribution in [0.3, 0.4) is 0 Å². The number of hydrogen-bond acceptors (Lipinski definition) is 4. The Bertz CT molecular complexity index is 245. The normalized spacial score (nSPS) is 9.15. The Kier molecular flexibility index (Phi) is 5.38. The Labute approximate surface area is 77.3 Å². The number of amides is 1.